The molecule has 2 aliphatic rings. The number of phenolic OH excluding ortho intramolecular Hbond substituents is 2. The topological polar surface area (TPSA) is 336 Å². The van der Waals surface area contributed by atoms with Crippen molar-refractivity contribution in [3.63, 3.8) is 0 Å². The van der Waals surface area contributed by atoms with Crippen molar-refractivity contribution in [2.75, 3.05) is 40.3 Å². The first-order valence-corrected chi connectivity index (χ1v) is 25.9. The standard InChI is InChI=1S/C52H78N10O12/c1-5-6-7-8-9-10-11-12-13-14-15-16-17-20-42(66)60(3)39(31-63)50(72)59-46(53)52(74)56-29-43(67)61(4)45-34-22-24-41(65)36(28-34)35-26-33(21-23-40(35)64)27-37(58-48(70)32(2)57-51(45)73)49(71)55-30-44(68)62-25-18-19-38(62)47(54)69/h21-24,26,28,32,37-39,45-46,63-65H,5-20,25,27,29-31,53H2,1-4H3,(H2,54,69)(H,55,71)(H,56,74)(H,57,73)(H,58,70)(H,59,72)/t32-,37-,38?,39+,45-,46-/m0/s1. The van der Waals surface area contributed by atoms with Crippen LogP contribution in [-0.4, -0.2) is 154 Å². The summed E-state index contributed by atoms with van der Waals surface area (Å²) in [5.74, 6) is -7.55. The van der Waals surface area contributed by atoms with E-state index in [4.69, 9.17) is 11.5 Å². The number of unbranched alkanes of at least 4 members (excludes halogenated alkanes) is 12. The third-order valence-electron chi connectivity index (χ3n) is 13.7. The van der Waals surface area contributed by atoms with Crippen LogP contribution in [0.3, 0.4) is 0 Å². The maximum absolute atomic E-state index is 14.2. The summed E-state index contributed by atoms with van der Waals surface area (Å²) < 4.78 is 0. The Kier molecular flexibility index (Phi) is 24.0. The van der Waals surface area contributed by atoms with Gasteiger partial charge in [0.25, 0.3) is 5.91 Å². The SMILES string of the molecule is CCCCCCCCCCCCCCCC(=O)N(C)[C@H](CO)C(=O)N[C@H](N)C(=O)NCC(=O)N(C)[C@@H]1C(=O)N[C@@H](C)C(=O)N[C@H](C(=O)NCC(=O)N2CCCC2C(N)=O)Cc2ccc(O)c(c2)-c2cc1ccc2O. The quantitative estimate of drug-likeness (QED) is 0.0469. The number of amides is 9. The highest BCUT2D eigenvalue weighted by molar-refractivity contribution is 5.97. The van der Waals surface area contributed by atoms with Crippen LogP contribution in [0.2, 0.25) is 0 Å². The second-order valence-electron chi connectivity index (χ2n) is 19.3. The number of phenols is 2. The number of nitrogens with zero attached hydrogens (tertiary/aromatic N) is 3. The Hall–Kier alpha value is -6.81. The van der Waals surface area contributed by atoms with Crippen molar-refractivity contribution >= 4 is 53.2 Å². The predicted octanol–water partition coefficient (Wildman–Crippen LogP) is 1.22. The Morgan fingerprint density at radius 3 is 1.97 bits per heavy atom. The molecule has 22 nitrogen and oxygen atoms in total. The summed E-state index contributed by atoms with van der Waals surface area (Å²) >= 11 is 0. The molecule has 0 spiro atoms. The van der Waals surface area contributed by atoms with Crippen LogP contribution < -0.4 is 38.1 Å². The number of fused-ring (bicyclic) bond motifs is 5. The lowest BCUT2D eigenvalue weighted by molar-refractivity contribution is -0.142. The van der Waals surface area contributed by atoms with Crippen LogP contribution >= 0.6 is 0 Å². The Labute approximate surface area is 433 Å². The number of aliphatic hydroxyl groups excluding tert-OH is 1. The number of aromatic hydroxyl groups is 2. The van der Waals surface area contributed by atoms with Crippen LogP contribution in [0.4, 0.5) is 0 Å². The third-order valence-corrected chi connectivity index (χ3v) is 13.7. The molecule has 6 atom stereocenters. The van der Waals surface area contributed by atoms with Gasteiger partial charge >= 0.3 is 0 Å². The van der Waals surface area contributed by atoms with Gasteiger partial charge in [0.05, 0.1) is 19.7 Å². The fraction of sp³-hybridized carbons (Fsp3) is 0.596. The molecule has 4 rings (SSSR count). The first-order chi connectivity index (χ1) is 35.3. The number of carbonyl (C=O) groups is 9. The fourth-order valence-corrected chi connectivity index (χ4v) is 9.15. The molecule has 0 radical (unpaired) electrons. The highest BCUT2D eigenvalue weighted by Gasteiger charge is 2.36. The van der Waals surface area contributed by atoms with Crippen molar-refractivity contribution in [1.82, 2.24) is 41.3 Å². The summed E-state index contributed by atoms with van der Waals surface area (Å²) in [6.45, 7) is 1.79. The van der Waals surface area contributed by atoms with Crippen LogP contribution in [0.5, 0.6) is 11.5 Å². The molecule has 2 aromatic carbocycles. The molecule has 0 saturated carbocycles. The van der Waals surface area contributed by atoms with E-state index in [-0.39, 0.29) is 53.5 Å². The molecule has 74 heavy (non-hydrogen) atoms. The van der Waals surface area contributed by atoms with E-state index in [0.717, 1.165) is 35.5 Å². The number of nitrogens with two attached hydrogens (primary N) is 2. The summed E-state index contributed by atoms with van der Waals surface area (Å²) in [5.41, 5.74) is 12.0. The first kappa shape index (κ1) is 59.8. The highest BCUT2D eigenvalue weighted by Crippen LogP contribution is 2.39. The molecule has 2 heterocycles. The van der Waals surface area contributed by atoms with E-state index in [1.54, 1.807) is 0 Å². The number of primary amides is 1. The minimum atomic E-state index is -1.73. The molecule has 0 aromatic heterocycles. The molecular weight excluding hydrogens is 957 g/mol. The van der Waals surface area contributed by atoms with Gasteiger partial charge in [-0.25, -0.2) is 0 Å². The first-order valence-electron chi connectivity index (χ1n) is 25.9. The van der Waals surface area contributed by atoms with Crippen molar-refractivity contribution < 1.29 is 58.5 Å². The molecule has 2 aliphatic heterocycles. The minimum Gasteiger partial charge on any atom is -0.507 e. The molecule has 9 amide bonds. The Morgan fingerprint density at radius 2 is 1.36 bits per heavy atom. The normalized spacial score (nSPS) is 18.4. The number of hydrogen-bond acceptors (Lipinski definition) is 13. The van der Waals surface area contributed by atoms with Crippen molar-refractivity contribution in [1.29, 1.82) is 0 Å². The van der Waals surface area contributed by atoms with Crippen LogP contribution in [0.15, 0.2) is 36.4 Å². The van der Waals surface area contributed by atoms with E-state index in [2.05, 4.69) is 33.5 Å². The zero-order chi connectivity index (χ0) is 54.5. The number of benzene rings is 2. The summed E-state index contributed by atoms with van der Waals surface area (Å²) in [6.07, 6.45) is 14.0. The van der Waals surface area contributed by atoms with Gasteiger partial charge in [0.1, 0.15) is 41.7 Å². The average molecular weight is 1040 g/mol. The number of likely N-dealkylation sites (tertiary alicyclic amines) is 1. The van der Waals surface area contributed by atoms with Gasteiger partial charge in [0, 0.05) is 44.6 Å². The summed E-state index contributed by atoms with van der Waals surface area (Å²) in [5, 5.41) is 44.4. The van der Waals surface area contributed by atoms with E-state index >= 15 is 0 Å². The number of nitrogens with one attached hydrogen (secondary N) is 5. The molecule has 2 aromatic rings. The zero-order valence-electron chi connectivity index (χ0n) is 43.3. The Morgan fingerprint density at radius 1 is 0.770 bits per heavy atom. The maximum atomic E-state index is 14.2. The van der Waals surface area contributed by atoms with Gasteiger partial charge in [-0.3, -0.25) is 43.2 Å². The van der Waals surface area contributed by atoms with Crippen LogP contribution in [0.25, 0.3) is 11.1 Å². The van der Waals surface area contributed by atoms with Crippen molar-refractivity contribution in [2.24, 2.45) is 11.5 Å². The van der Waals surface area contributed by atoms with Gasteiger partial charge in [0.15, 0.2) is 6.17 Å². The smallest absolute Gasteiger partial charge is 0.257 e. The summed E-state index contributed by atoms with van der Waals surface area (Å²) in [6, 6.07) is 1.80. The molecule has 408 valence electrons. The molecule has 1 fully saturated rings. The van der Waals surface area contributed by atoms with Crippen LogP contribution in [-0.2, 0) is 49.6 Å². The van der Waals surface area contributed by atoms with Crippen molar-refractivity contribution in [3.05, 3.63) is 47.5 Å². The lowest BCUT2D eigenvalue weighted by Gasteiger charge is -2.30. The Bertz CT molecular complexity index is 2300. The predicted molar refractivity (Wildman–Crippen MR) is 274 cm³/mol. The molecule has 0 aliphatic carbocycles. The lowest BCUT2D eigenvalue weighted by atomic mass is 9.93. The highest BCUT2D eigenvalue weighted by atomic mass is 16.3. The molecule has 12 N–H and O–H groups in total. The lowest BCUT2D eigenvalue weighted by Crippen LogP contribution is -2.59. The second-order valence-corrected chi connectivity index (χ2v) is 19.3. The van der Waals surface area contributed by atoms with Gasteiger partial charge in [-0.1, -0.05) is 96.1 Å². The Balaban J connectivity index is 1.38. The van der Waals surface area contributed by atoms with E-state index < -0.39 is 103 Å². The van der Waals surface area contributed by atoms with E-state index in [9.17, 15) is 58.5 Å². The van der Waals surface area contributed by atoms with Gasteiger partial charge in [0.2, 0.25) is 47.3 Å². The van der Waals surface area contributed by atoms with Gasteiger partial charge in [-0.15, -0.1) is 0 Å². The molecule has 22 heteroatoms. The van der Waals surface area contributed by atoms with Gasteiger partial charge in [-0.05, 0) is 61.6 Å². The van der Waals surface area contributed by atoms with Crippen LogP contribution in [0.1, 0.15) is 134 Å². The van der Waals surface area contributed by atoms with E-state index in [1.165, 1.54) is 114 Å². The molecule has 4 bridgehead atoms. The number of aliphatic hydroxyl groups is 1. The molecular formula is C52H78N10O12. The van der Waals surface area contributed by atoms with E-state index in [0.29, 0.717) is 24.8 Å². The largest absolute Gasteiger partial charge is 0.507 e. The number of carbonyl (C=O) groups excluding carboxylic acids is 9. The number of hydrogen-bond donors (Lipinski definition) is 10. The zero-order valence-corrected chi connectivity index (χ0v) is 43.3. The average Bonchev–Trinajstić information content (AvgIpc) is 3.88. The maximum Gasteiger partial charge on any atom is 0.257 e. The van der Waals surface area contributed by atoms with Crippen LogP contribution in [0, 0.1) is 0 Å². The van der Waals surface area contributed by atoms with Gasteiger partial charge in [-0.2, -0.15) is 0 Å². The van der Waals surface area contributed by atoms with Crippen molar-refractivity contribution in [3.8, 4) is 22.6 Å². The monoisotopic (exact) mass is 1030 g/mol. The molecule has 1 saturated heterocycles. The third kappa shape index (κ3) is 17.4. The number of rotatable bonds is 26. The summed E-state index contributed by atoms with van der Waals surface area (Å²) in [7, 11) is 2.61. The second kappa shape index (κ2) is 29.8. The molecule has 1 unspecified atom stereocenters. The van der Waals surface area contributed by atoms with Gasteiger partial charge < -0.3 is 68.1 Å². The van der Waals surface area contributed by atoms with E-state index in [1.807, 2.05) is 0 Å². The van der Waals surface area contributed by atoms with Crippen molar-refractivity contribution in [2.45, 2.75) is 159 Å². The fourth-order valence-electron chi connectivity index (χ4n) is 9.15. The minimum absolute atomic E-state index is 0.0268. The summed E-state index contributed by atoms with van der Waals surface area (Å²) in [4.78, 5) is 123. The number of likely N-dealkylation sites (N-methyl/N-ethyl adjacent to an activating group) is 2.